The lowest BCUT2D eigenvalue weighted by molar-refractivity contribution is 0.742. The minimum Gasteiger partial charge on any atom is -0.399 e. The average molecular weight is 210 g/mol. The summed E-state index contributed by atoms with van der Waals surface area (Å²) in [4.78, 5) is 0. The smallest absolute Gasteiger partial charge is 0.0349 e. The van der Waals surface area contributed by atoms with E-state index >= 15 is 0 Å². The predicted octanol–water partition coefficient (Wildman–Crippen LogP) is 1.08. The summed E-state index contributed by atoms with van der Waals surface area (Å²) >= 11 is 0. The lowest BCUT2D eigenvalue weighted by Crippen LogP contribution is -2.20. The maximum absolute atomic E-state index is 5.52. The zero-order valence-electron chi connectivity index (χ0n) is 6.49. The summed E-state index contributed by atoms with van der Waals surface area (Å²) < 4.78 is 0. The Hall–Kier alpha value is -0.480. The molecule has 0 heterocycles. The van der Waals surface area contributed by atoms with Crippen molar-refractivity contribution in [1.82, 2.24) is 5.43 Å². The van der Waals surface area contributed by atoms with Crippen LogP contribution in [-0.2, 0) is 6.54 Å². The van der Waals surface area contributed by atoms with Crippen LogP contribution in [0.25, 0.3) is 0 Å². The van der Waals surface area contributed by atoms with E-state index in [0.717, 1.165) is 11.3 Å². The van der Waals surface area contributed by atoms with Crippen molar-refractivity contribution in [3.63, 3.8) is 0 Å². The first kappa shape index (κ1) is 14.1. The molecule has 0 saturated carbocycles. The van der Waals surface area contributed by atoms with Gasteiger partial charge in [0.25, 0.3) is 0 Å². The number of hydrogen-bond acceptors (Lipinski definition) is 3. The number of hydrazine groups is 1. The molecule has 0 aliphatic carbocycles. The van der Waals surface area contributed by atoms with Crippen molar-refractivity contribution in [2.24, 2.45) is 5.84 Å². The SMILES string of the molecule is Cl.Cl.NNCc1cccc(N)c1. The van der Waals surface area contributed by atoms with E-state index in [1.165, 1.54) is 0 Å². The van der Waals surface area contributed by atoms with Crippen LogP contribution in [0.1, 0.15) is 5.56 Å². The first-order valence-corrected chi connectivity index (χ1v) is 3.11. The van der Waals surface area contributed by atoms with Crippen LogP contribution in [-0.4, -0.2) is 0 Å². The van der Waals surface area contributed by atoms with Crippen LogP contribution in [0.15, 0.2) is 24.3 Å². The molecule has 0 atom stereocenters. The van der Waals surface area contributed by atoms with Crippen molar-refractivity contribution >= 4 is 30.5 Å². The molecule has 0 unspecified atom stereocenters. The molecule has 1 rings (SSSR count). The normalized spacial score (nSPS) is 8.08. The zero-order chi connectivity index (χ0) is 7.40. The summed E-state index contributed by atoms with van der Waals surface area (Å²) in [5, 5.41) is 0. The van der Waals surface area contributed by atoms with Crippen molar-refractivity contribution in [3.05, 3.63) is 29.8 Å². The summed E-state index contributed by atoms with van der Waals surface area (Å²) in [5.74, 6) is 5.12. The third-order valence-electron chi connectivity index (χ3n) is 1.26. The number of nitrogens with one attached hydrogen (secondary N) is 1. The largest absolute Gasteiger partial charge is 0.399 e. The molecule has 1 aromatic rings. The summed E-state index contributed by atoms with van der Waals surface area (Å²) in [7, 11) is 0. The minimum absolute atomic E-state index is 0. The molecule has 0 fully saturated rings. The Labute approximate surface area is 84.3 Å². The van der Waals surface area contributed by atoms with Crippen LogP contribution < -0.4 is 17.0 Å². The lowest BCUT2D eigenvalue weighted by Gasteiger charge is -1.99. The summed E-state index contributed by atoms with van der Waals surface area (Å²) in [6.45, 7) is 0.658. The molecular formula is C7H13Cl2N3. The van der Waals surface area contributed by atoms with Crippen LogP contribution in [0.5, 0.6) is 0 Å². The van der Waals surface area contributed by atoms with Crippen LogP contribution in [0.2, 0.25) is 0 Å². The maximum atomic E-state index is 5.52. The maximum Gasteiger partial charge on any atom is 0.0349 e. The highest BCUT2D eigenvalue weighted by Gasteiger charge is 1.89. The highest BCUT2D eigenvalue weighted by molar-refractivity contribution is 5.85. The van der Waals surface area contributed by atoms with Crippen molar-refractivity contribution in [2.45, 2.75) is 6.54 Å². The number of rotatable bonds is 2. The number of halogens is 2. The van der Waals surface area contributed by atoms with E-state index in [1.54, 1.807) is 0 Å². The lowest BCUT2D eigenvalue weighted by atomic mass is 10.2. The Bertz CT molecular complexity index is 218. The first-order chi connectivity index (χ1) is 4.83. The van der Waals surface area contributed by atoms with Crippen LogP contribution >= 0.6 is 24.8 Å². The highest BCUT2D eigenvalue weighted by atomic mass is 35.5. The van der Waals surface area contributed by atoms with E-state index in [-0.39, 0.29) is 24.8 Å². The molecule has 5 N–H and O–H groups in total. The molecule has 1 aromatic carbocycles. The van der Waals surface area contributed by atoms with Crippen LogP contribution in [0.4, 0.5) is 5.69 Å². The van der Waals surface area contributed by atoms with E-state index in [0.29, 0.717) is 6.54 Å². The second-order valence-electron chi connectivity index (χ2n) is 2.13. The summed E-state index contributed by atoms with van der Waals surface area (Å²) in [6, 6.07) is 7.61. The van der Waals surface area contributed by atoms with Gasteiger partial charge in [-0.1, -0.05) is 12.1 Å². The van der Waals surface area contributed by atoms with Crippen molar-refractivity contribution in [1.29, 1.82) is 0 Å². The Morgan fingerprint density at radius 1 is 1.25 bits per heavy atom. The second-order valence-corrected chi connectivity index (χ2v) is 2.13. The fraction of sp³-hybridized carbons (Fsp3) is 0.143. The van der Waals surface area contributed by atoms with Gasteiger partial charge in [-0.25, -0.2) is 0 Å². The molecule has 0 saturated heterocycles. The van der Waals surface area contributed by atoms with Gasteiger partial charge in [-0.15, -0.1) is 24.8 Å². The topological polar surface area (TPSA) is 64.1 Å². The Kier molecular flexibility index (Phi) is 8.42. The van der Waals surface area contributed by atoms with Gasteiger partial charge in [0.05, 0.1) is 0 Å². The van der Waals surface area contributed by atoms with Gasteiger partial charge in [-0.2, -0.15) is 0 Å². The average Bonchev–Trinajstić information content (AvgIpc) is 1.88. The molecule has 5 heteroatoms. The Morgan fingerprint density at radius 3 is 2.42 bits per heavy atom. The third kappa shape index (κ3) is 4.41. The molecule has 12 heavy (non-hydrogen) atoms. The van der Waals surface area contributed by atoms with Crippen LogP contribution in [0.3, 0.4) is 0 Å². The molecule has 70 valence electrons. The van der Waals surface area contributed by atoms with Crippen molar-refractivity contribution in [2.75, 3.05) is 5.73 Å². The molecule has 3 nitrogen and oxygen atoms in total. The second kappa shape index (κ2) is 7.18. The first-order valence-electron chi connectivity index (χ1n) is 3.11. The van der Waals surface area contributed by atoms with Gasteiger partial charge in [-0.05, 0) is 17.7 Å². The van der Waals surface area contributed by atoms with Crippen LogP contribution in [0, 0.1) is 0 Å². The monoisotopic (exact) mass is 209 g/mol. The molecule has 0 bridgehead atoms. The summed E-state index contributed by atoms with van der Waals surface area (Å²) in [6.07, 6.45) is 0. The highest BCUT2D eigenvalue weighted by Crippen LogP contribution is 2.04. The van der Waals surface area contributed by atoms with Gasteiger partial charge >= 0.3 is 0 Å². The number of nitrogen functional groups attached to an aromatic ring is 1. The third-order valence-corrected chi connectivity index (χ3v) is 1.26. The summed E-state index contributed by atoms with van der Waals surface area (Å²) in [5.41, 5.74) is 9.95. The molecule has 0 aliphatic rings. The zero-order valence-corrected chi connectivity index (χ0v) is 8.12. The van der Waals surface area contributed by atoms with Gasteiger partial charge in [0.1, 0.15) is 0 Å². The number of nitrogens with two attached hydrogens (primary N) is 2. The minimum atomic E-state index is 0. The molecule has 0 spiro atoms. The van der Waals surface area contributed by atoms with Crippen molar-refractivity contribution in [3.8, 4) is 0 Å². The van der Waals surface area contributed by atoms with E-state index in [2.05, 4.69) is 5.43 Å². The fourth-order valence-corrected chi connectivity index (χ4v) is 0.821. The van der Waals surface area contributed by atoms with E-state index in [1.807, 2.05) is 24.3 Å². The molecule has 0 amide bonds. The standard InChI is InChI=1S/C7H11N3.2ClH/c8-7-3-1-2-6(4-7)5-10-9;;/h1-4,10H,5,8-9H2;2*1H. The predicted molar refractivity (Wildman–Crippen MR) is 56.4 cm³/mol. The molecule has 0 aromatic heterocycles. The Morgan fingerprint density at radius 2 is 1.92 bits per heavy atom. The number of benzene rings is 1. The fourth-order valence-electron chi connectivity index (χ4n) is 0.821. The van der Waals surface area contributed by atoms with Gasteiger partial charge in [0.2, 0.25) is 0 Å². The van der Waals surface area contributed by atoms with E-state index in [4.69, 9.17) is 11.6 Å². The van der Waals surface area contributed by atoms with E-state index in [9.17, 15) is 0 Å². The molecule has 0 radical (unpaired) electrons. The molecule has 0 aliphatic heterocycles. The van der Waals surface area contributed by atoms with E-state index < -0.39 is 0 Å². The van der Waals surface area contributed by atoms with Gasteiger partial charge in [-0.3, -0.25) is 11.3 Å². The number of anilines is 1. The van der Waals surface area contributed by atoms with Gasteiger partial charge in [0.15, 0.2) is 0 Å². The Balaban J connectivity index is 0. The quantitative estimate of drug-likeness (QED) is 0.388. The number of hydrogen-bond donors (Lipinski definition) is 3. The molecular weight excluding hydrogens is 197 g/mol. The van der Waals surface area contributed by atoms with Crippen molar-refractivity contribution < 1.29 is 0 Å². The van der Waals surface area contributed by atoms with Gasteiger partial charge in [0, 0.05) is 12.2 Å². The van der Waals surface area contributed by atoms with Gasteiger partial charge < -0.3 is 5.73 Å².